The number of carbonyl (C=O) groups excluding carboxylic acids is 1. The van der Waals surface area contributed by atoms with E-state index in [1.54, 1.807) is 24.3 Å². The highest BCUT2D eigenvalue weighted by Gasteiger charge is 2.27. The zero-order chi connectivity index (χ0) is 15.2. The van der Waals surface area contributed by atoms with Gasteiger partial charge in [0.25, 0.3) is 0 Å². The van der Waals surface area contributed by atoms with Crippen LogP contribution in [0.1, 0.15) is 16.1 Å². The van der Waals surface area contributed by atoms with Crippen LogP contribution in [0.15, 0.2) is 30.3 Å². The number of ketones is 1. The molecule has 1 aromatic carbocycles. The molecule has 3 rings (SSSR count). The quantitative estimate of drug-likeness (QED) is 0.557. The van der Waals surface area contributed by atoms with E-state index < -0.39 is 22.1 Å². The van der Waals surface area contributed by atoms with E-state index in [2.05, 4.69) is 4.98 Å². The van der Waals surface area contributed by atoms with Gasteiger partial charge in [0.05, 0.1) is 11.2 Å². The third-order valence-electron chi connectivity index (χ3n) is 3.14. The second-order valence-electron chi connectivity index (χ2n) is 4.67. The smallest absolute Gasteiger partial charge is 0.334 e. The fourth-order valence-corrected chi connectivity index (χ4v) is 2.74. The zero-order valence-corrected chi connectivity index (χ0v) is 11.5. The Hall–Kier alpha value is -2.29. The number of nitrogens with zero attached hydrogens (tertiary/aromatic N) is 1. The van der Waals surface area contributed by atoms with Gasteiger partial charge in [-0.15, -0.1) is 0 Å². The number of nitrogens with two attached hydrogens (primary N) is 1. The second kappa shape index (κ2) is 4.62. The molecule has 1 heterocycles. The number of rotatable bonds is 2. The molecule has 1 atom stereocenters. The lowest BCUT2D eigenvalue weighted by Crippen LogP contribution is -2.40. The van der Waals surface area contributed by atoms with Gasteiger partial charge in [0.1, 0.15) is 6.04 Å². The summed E-state index contributed by atoms with van der Waals surface area (Å²) in [4.78, 5) is 16.6. The van der Waals surface area contributed by atoms with Crippen molar-refractivity contribution in [2.75, 3.05) is 5.73 Å². The predicted molar refractivity (Wildman–Crippen MR) is 78.0 cm³/mol. The SMILES string of the molecule is Nc1ccc2nc3c(cc2c1)C(=O)C(NS(=O)(=O)O)C=C3. The highest BCUT2D eigenvalue weighted by atomic mass is 32.2. The van der Waals surface area contributed by atoms with Crippen LogP contribution >= 0.6 is 0 Å². The van der Waals surface area contributed by atoms with Crippen LogP contribution in [0.2, 0.25) is 0 Å². The van der Waals surface area contributed by atoms with Crippen molar-refractivity contribution in [1.82, 2.24) is 9.71 Å². The van der Waals surface area contributed by atoms with Crippen molar-refractivity contribution >= 4 is 38.8 Å². The molecule has 0 saturated heterocycles. The molecular formula is C13H11N3O4S. The van der Waals surface area contributed by atoms with Gasteiger partial charge in [-0.05, 0) is 30.3 Å². The monoisotopic (exact) mass is 305 g/mol. The Morgan fingerprint density at radius 3 is 2.76 bits per heavy atom. The number of pyridine rings is 1. The number of carbonyl (C=O) groups is 1. The van der Waals surface area contributed by atoms with Crippen molar-refractivity contribution in [3.63, 3.8) is 0 Å². The summed E-state index contributed by atoms with van der Waals surface area (Å²) in [5, 5.41) is 0.683. The minimum atomic E-state index is -4.47. The molecule has 4 N–H and O–H groups in total. The Labute approximate surface area is 120 Å². The lowest BCUT2D eigenvalue weighted by atomic mass is 9.95. The molecule has 0 aliphatic heterocycles. The summed E-state index contributed by atoms with van der Waals surface area (Å²) in [7, 11) is -4.47. The van der Waals surface area contributed by atoms with Crippen molar-refractivity contribution in [3.05, 3.63) is 41.6 Å². The van der Waals surface area contributed by atoms with E-state index in [4.69, 9.17) is 10.3 Å². The van der Waals surface area contributed by atoms with Gasteiger partial charge < -0.3 is 5.73 Å². The zero-order valence-electron chi connectivity index (χ0n) is 10.6. The number of anilines is 1. The molecular weight excluding hydrogens is 294 g/mol. The van der Waals surface area contributed by atoms with Gasteiger partial charge in [-0.2, -0.15) is 13.1 Å². The Bertz CT molecular complexity index is 890. The molecule has 7 nitrogen and oxygen atoms in total. The highest BCUT2D eigenvalue weighted by molar-refractivity contribution is 7.83. The van der Waals surface area contributed by atoms with E-state index in [1.807, 2.05) is 4.72 Å². The summed E-state index contributed by atoms with van der Waals surface area (Å²) in [6, 6.07) is 5.59. The summed E-state index contributed by atoms with van der Waals surface area (Å²) in [6.07, 6.45) is 2.88. The largest absolute Gasteiger partial charge is 0.399 e. The number of nitrogen functional groups attached to an aromatic ring is 1. The summed E-state index contributed by atoms with van der Waals surface area (Å²) in [6.45, 7) is 0. The first-order chi connectivity index (χ1) is 9.83. The van der Waals surface area contributed by atoms with E-state index in [-0.39, 0.29) is 5.56 Å². The molecule has 2 aromatic rings. The van der Waals surface area contributed by atoms with Gasteiger partial charge in [0, 0.05) is 16.6 Å². The minimum Gasteiger partial charge on any atom is -0.399 e. The van der Waals surface area contributed by atoms with Crippen molar-refractivity contribution in [2.45, 2.75) is 6.04 Å². The molecule has 108 valence electrons. The minimum absolute atomic E-state index is 0.275. The van der Waals surface area contributed by atoms with Gasteiger partial charge in [-0.25, -0.2) is 4.98 Å². The maximum absolute atomic E-state index is 12.3. The first-order valence-corrected chi connectivity index (χ1v) is 7.45. The first-order valence-electron chi connectivity index (χ1n) is 6.01. The van der Waals surface area contributed by atoms with Gasteiger partial charge in [-0.3, -0.25) is 9.35 Å². The van der Waals surface area contributed by atoms with Gasteiger partial charge in [-0.1, -0.05) is 6.08 Å². The van der Waals surface area contributed by atoms with Crippen LogP contribution in [0.4, 0.5) is 5.69 Å². The van der Waals surface area contributed by atoms with Crippen molar-refractivity contribution in [1.29, 1.82) is 0 Å². The Balaban J connectivity index is 2.10. The molecule has 1 aliphatic rings. The summed E-state index contributed by atoms with van der Waals surface area (Å²) in [5.41, 5.74) is 7.64. The summed E-state index contributed by atoms with van der Waals surface area (Å²) < 4.78 is 32.3. The van der Waals surface area contributed by atoms with E-state index in [1.165, 1.54) is 12.2 Å². The predicted octanol–water partition coefficient (Wildman–Crippen LogP) is 0.788. The molecule has 0 spiro atoms. The van der Waals surface area contributed by atoms with Crippen LogP contribution in [0.5, 0.6) is 0 Å². The normalized spacial score (nSPS) is 18.0. The topological polar surface area (TPSA) is 122 Å². The highest BCUT2D eigenvalue weighted by Crippen LogP contribution is 2.24. The van der Waals surface area contributed by atoms with Gasteiger partial charge in [0.15, 0.2) is 5.78 Å². The van der Waals surface area contributed by atoms with Crippen molar-refractivity contribution < 1.29 is 17.8 Å². The standard InChI is InChI=1S/C13H11N3O4S/c14-8-1-2-10-7(5-8)6-9-11(15-10)3-4-12(13(9)17)16-21(18,19)20/h1-6,12,16H,14H2,(H,18,19,20). The average molecular weight is 305 g/mol. The summed E-state index contributed by atoms with van der Waals surface area (Å²) in [5.74, 6) is -0.484. The third kappa shape index (κ3) is 2.64. The number of aromatic nitrogens is 1. The molecule has 0 fully saturated rings. The molecule has 0 amide bonds. The first kappa shape index (κ1) is 13.7. The maximum Gasteiger partial charge on any atom is 0.334 e. The fraction of sp³-hybridized carbons (Fsp3) is 0.0769. The molecule has 1 aromatic heterocycles. The van der Waals surface area contributed by atoms with Crippen LogP contribution in [-0.4, -0.2) is 29.8 Å². The lowest BCUT2D eigenvalue weighted by molar-refractivity contribution is 0.0968. The number of benzene rings is 1. The Morgan fingerprint density at radius 1 is 1.29 bits per heavy atom. The average Bonchev–Trinajstić information content (AvgIpc) is 2.39. The molecule has 21 heavy (non-hydrogen) atoms. The van der Waals surface area contributed by atoms with Crippen LogP contribution in [0.3, 0.4) is 0 Å². The molecule has 8 heteroatoms. The molecule has 0 saturated carbocycles. The number of fused-ring (bicyclic) bond motifs is 2. The van der Waals surface area contributed by atoms with E-state index >= 15 is 0 Å². The Morgan fingerprint density at radius 2 is 2.05 bits per heavy atom. The van der Waals surface area contributed by atoms with E-state index in [0.717, 1.165) is 0 Å². The molecule has 0 bridgehead atoms. The fourth-order valence-electron chi connectivity index (χ4n) is 2.23. The van der Waals surface area contributed by atoms with Crippen LogP contribution in [0.25, 0.3) is 17.0 Å². The molecule has 1 unspecified atom stereocenters. The number of hydrogen-bond acceptors (Lipinski definition) is 5. The summed E-state index contributed by atoms with van der Waals surface area (Å²) >= 11 is 0. The van der Waals surface area contributed by atoms with Crippen LogP contribution in [0, 0.1) is 0 Å². The van der Waals surface area contributed by atoms with Gasteiger partial charge >= 0.3 is 10.3 Å². The third-order valence-corrected chi connectivity index (χ3v) is 3.69. The number of Topliss-reactive ketones (excluding diaryl/α,β-unsaturated/α-hetero) is 1. The number of nitrogens with one attached hydrogen (secondary N) is 1. The van der Waals surface area contributed by atoms with Crippen LogP contribution in [-0.2, 0) is 10.3 Å². The van der Waals surface area contributed by atoms with E-state index in [0.29, 0.717) is 22.3 Å². The maximum atomic E-state index is 12.3. The van der Waals surface area contributed by atoms with Crippen LogP contribution < -0.4 is 10.5 Å². The van der Waals surface area contributed by atoms with Crippen molar-refractivity contribution in [3.8, 4) is 0 Å². The Kier molecular flexibility index (Phi) is 3.01. The van der Waals surface area contributed by atoms with Crippen molar-refractivity contribution in [2.24, 2.45) is 0 Å². The van der Waals surface area contributed by atoms with Gasteiger partial charge in [0.2, 0.25) is 0 Å². The second-order valence-corrected chi connectivity index (χ2v) is 5.85. The number of hydrogen-bond donors (Lipinski definition) is 3. The molecule has 0 radical (unpaired) electrons. The molecule has 1 aliphatic carbocycles. The lowest BCUT2D eigenvalue weighted by Gasteiger charge is -2.18. The van der Waals surface area contributed by atoms with E-state index in [9.17, 15) is 13.2 Å².